The van der Waals surface area contributed by atoms with Crippen molar-refractivity contribution in [2.75, 3.05) is 0 Å². The summed E-state index contributed by atoms with van der Waals surface area (Å²) in [6.45, 7) is 5.78. The van der Waals surface area contributed by atoms with Crippen LogP contribution in [-0.2, 0) is 0 Å². The van der Waals surface area contributed by atoms with Crippen molar-refractivity contribution < 1.29 is 13.9 Å². The Hall–Kier alpha value is -2.13. The number of aliphatic hydroxyl groups excluding tert-OH is 1. The number of furan rings is 1. The Kier molecular flexibility index (Phi) is 3.30. The first-order valence-electron chi connectivity index (χ1n) is 6.91. The zero-order chi connectivity index (χ0) is 15.1. The molecule has 2 aromatic carbocycles. The fourth-order valence-corrected chi connectivity index (χ4v) is 2.67. The summed E-state index contributed by atoms with van der Waals surface area (Å²) in [5, 5.41) is 11.4. The van der Waals surface area contributed by atoms with Crippen LogP contribution < -0.4 is 0 Å². The van der Waals surface area contributed by atoms with Crippen LogP contribution in [-0.4, -0.2) is 5.11 Å². The lowest BCUT2D eigenvalue weighted by molar-refractivity contribution is 0.190. The standard InChI is InChI=1S/C18H17FO2/c1-10-4-5-11(2)14(8-10)17(20)18-12(3)15-9-13(19)6-7-16(15)21-18/h4-9,17,20H,1-3H3. The van der Waals surface area contributed by atoms with Crippen molar-refractivity contribution in [3.8, 4) is 0 Å². The van der Waals surface area contributed by atoms with Crippen molar-refractivity contribution in [3.05, 3.63) is 70.2 Å². The van der Waals surface area contributed by atoms with Gasteiger partial charge in [0.1, 0.15) is 23.3 Å². The van der Waals surface area contributed by atoms with Gasteiger partial charge in [-0.25, -0.2) is 4.39 Å². The summed E-state index contributed by atoms with van der Waals surface area (Å²) in [6.07, 6.45) is -0.847. The summed E-state index contributed by atoms with van der Waals surface area (Å²) in [6, 6.07) is 10.3. The van der Waals surface area contributed by atoms with Crippen molar-refractivity contribution in [3.63, 3.8) is 0 Å². The molecule has 1 N–H and O–H groups in total. The fraction of sp³-hybridized carbons (Fsp3) is 0.222. The lowest BCUT2D eigenvalue weighted by atomic mass is 9.97. The van der Waals surface area contributed by atoms with E-state index in [0.29, 0.717) is 16.7 Å². The minimum atomic E-state index is -0.847. The molecule has 0 saturated carbocycles. The summed E-state index contributed by atoms with van der Waals surface area (Å²) in [7, 11) is 0. The van der Waals surface area contributed by atoms with Crippen molar-refractivity contribution in [1.29, 1.82) is 0 Å². The van der Waals surface area contributed by atoms with E-state index in [1.807, 2.05) is 39.0 Å². The molecule has 108 valence electrons. The Morgan fingerprint density at radius 1 is 1.05 bits per heavy atom. The van der Waals surface area contributed by atoms with Crippen LogP contribution >= 0.6 is 0 Å². The molecule has 21 heavy (non-hydrogen) atoms. The second-order valence-corrected chi connectivity index (χ2v) is 5.49. The molecule has 0 radical (unpaired) electrons. The van der Waals surface area contributed by atoms with E-state index >= 15 is 0 Å². The summed E-state index contributed by atoms with van der Waals surface area (Å²) in [5.41, 5.74) is 4.26. The molecular formula is C18H17FO2. The quantitative estimate of drug-likeness (QED) is 0.747. The highest BCUT2D eigenvalue weighted by Gasteiger charge is 2.21. The number of fused-ring (bicyclic) bond motifs is 1. The highest BCUT2D eigenvalue weighted by molar-refractivity contribution is 5.82. The predicted molar refractivity (Wildman–Crippen MR) is 80.9 cm³/mol. The molecule has 2 nitrogen and oxygen atoms in total. The van der Waals surface area contributed by atoms with Crippen molar-refractivity contribution in [2.24, 2.45) is 0 Å². The zero-order valence-corrected chi connectivity index (χ0v) is 12.3. The topological polar surface area (TPSA) is 33.4 Å². The van der Waals surface area contributed by atoms with Crippen LogP contribution in [0.25, 0.3) is 11.0 Å². The molecule has 0 saturated heterocycles. The average Bonchev–Trinajstić information content (AvgIpc) is 2.78. The number of halogens is 1. The molecule has 1 atom stereocenters. The van der Waals surface area contributed by atoms with E-state index in [2.05, 4.69) is 0 Å². The van der Waals surface area contributed by atoms with E-state index in [4.69, 9.17) is 4.42 Å². The Morgan fingerprint density at radius 3 is 2.57 bits per heavy atom. The van der Waals surface area contributed by atoms with Gasteiger partial charge in [0.05, 0.1) is 0 Å². The van der Waals surface area contributed by atoms with Gasteiger partial charge in [0.15, 0.2) is 0 Å². The molecule has 1 aromatic heterocycles. The highest BCUT2D eigenvalue weighted by Crippen LogP contribution is 2.34. The van der Waals surface area contributed by atoms with Gasteiger partial charge in [0.25, 0.3) is 0 Å². The van der Waals surface area contributed by atoms with Crippen molar-refractivity contribution >= 4 is 11.0 Å². The molecule has 0 fully saturated rings. The molecule has 0 bridgehead atoms. The van der Waals surface area contributed by atoms with Crippen LogP contribution in [0, 0.1) is 26.6 Å². The third-order valence-corrected chi connectivity index (χ3v) is 3.91. The Labute approximate surface area is 122 Å². The van der Waals surface area contributed by atoms with E-state index in [1.54, 1.807) is 6.07 Å². The maximum Gasteiger partial charge on any atom is 0.141 e. The largest absolute Gasteiger partial charge is 0.458 e. The smallest absolute Gasteiger partial charge is 0.141 e. The molecule has 1 heterocycles. The van der Waals surface area contributed by atoms with Gasteiger partial charge in [0, 0.05) is 10.9 Å². The summed E-state index contributed by atoms with van der Waals surface area (Å²) < 4.78 is 19.1. The molecule has 3 aromatic rings. The minimum Gasteiger partial charge on any atom is -0.458 e. The Morgan fingerprint density at radius 2 is 1.81 bits per heavy atom. The molecule has 0 spiro atoms. The third-order valence-electron chi connectivity index (χ3n) is 3.91. The third kappa shape index (κ3) is 2.34. The monoisotopic (exact) mass is 284 g/mol. The fourth-order valence-electron chi connectivity index (χ4n) is 2.67. The van der Waals surface area contributed by atoms with Crippen LogP contribution in [0.2, 0.25) is 0 Å². The number of hydrogen-bond donors (Lipinski definition) is 1. The lowest BCUT2D eigenvalue weighted by Gasteiger charge is -2.13. The van der Waals surface area contributed by atoms with Gasteiger partial charge in [-0.1, -0.05) is 23.8 Å². The van der Waals surface area contributed by atoms with E-state index in [0.717, 1.165) is 22.3 Å². The van der Waals surface area contributed by atoms with E-state index in [9.17, 15) is 9.50 Å². The Balaban J connectivity index is 2.15. The van der Waals surface area contributed by atoms with Gasteiger partial charge in [-0.05, 0) is 50.1 Å². The first kappa shape index (κ1) is 13.8. The van der Waals surface area contributed by atoms with E-state index in [1.165, 1.54) is 12.1 Å². The highest BCUT2D eigenvalue weighted by atomic mass is 19.1. The molecule has 0 aliphatic carbocycles. The SMILES string of the molecule is Cc1ccc(C)c(C(O)c2oc3ccc(F)cc3c2C)c1. The second kappa shape index (κ2) is 5.01. The van der Waals surface area contributed by atoms with E-state index < -0.39 is 6.10 Å². The number of hydrogen-bond acceptors (Lipinski definition) is 2. The normalized spacial score (nSPS) is 12.8. The predicted octanol–water partition coefficient (Wildman–Crippen LogP) is 4.58. The number of aliphatic hydroxyl groups is 1. The number of aryl methyl sites for hydroxylation is 3. The molecule has 3 rings (SSSR count). The Bertz CT molecular complexity index is 817. The van der Waals surface area contributed by atoms with Gasteiger partial charge in [-0.3, -0.25) is 0 Å². The summed E-state index contributed by atoms with van der Waals surface area (Å²) >= 11 is 0. The lowest BCUT2D eigenvalue weighted by Crippen LogP contribution is -2.02. The second-order valence-electron chi connectivity index (χ2n) is 5.49. The van der Waals surface area contributed by atoms with Gasteiger partial charge in [0.2, 0.25) is 0 Å². The molecule has 0 aliphatic heterocycles. The molecule has 0 aliphatic rings. The zero-order valence-electron chi connectivity index (χ0n) is 12.3. The molecule has 0 amide bonds. The maximum atomic E-state index is 13.4. The summed E-state index contributed by atoms with van der Waals surface area (Å²) in [4.78, 5) is 0. The first-order chi connectivity index (χ1) is 9.97. The molecule has 3 heteroatoms. The molecule has 1 unspecified atom stereocenters. The van der Waals surface area contributed by atoms with Gasteiger partial charge in [-0.2, -0.15) is 0 Å². The van der Waals surface area contributed by atoms with Gasteiger partial charge >= 0.3 is 0 Å². The van der Waals surface area contributed by atoms with Crippen molar-refractivity contribution in [2.45, 2.75) is 26.9 Å². The van der Waals surface area contributed by atoms with Crippen LogP contribution in [0.15, 0.2) is 40.8 Å². The molecular weight excluding hydrogens is 267 g/mol. The maximum absolute atomic E-state index is 13.4. The average molecular weight is 284 g/mol. The van der Waals surface area contributed by atoms with Crippen LogP contribution in [0.1, 0.15) is 34.1 Å². The first-order valence-corrected chi connectivity index (χ1v) is 6.91. The summed E-state index contributed by atoms with van der Waals surface area (Å²) in [5.74, 6) is 0.170. The van der Waals surface area contributed by atoms with Gasteiger partial charge in [-0.15, -0.1) is 0 Å². The van der Waals surface area contributed by atoms with Crippen LogP contribution in [0.4, 0.5) is 4.39 Å². The minimum absolute atomic E-state index is 0.306. The van der Waals surface area contributed by atoms with E-state index in [-0.39, 0.29) is 5.82 Å². The van der Waals surface area contributed by atoms with Crippen LogP contribution in [0.5, 0.6) is 0 Å². The van der Waals surface area contributed by atoms with Crippen molar-refractivity contribution in [1.82, 2.24) is 0 Å². The number of rotatable bonds is 2. The van der Waals surface area contributed by atoms with Gasteiger partial charge < -0.3 is 9.52 Å². The number of benzene rings is 2. The van der Waals surface area contributed by atoms with Crippen LogP contribution in [0.3, 0.4) is 0 Å².